The van der Waals surface area contributed by atoms with Crippen LogP contribution in [0.25, 0.3) is 0 Å². The third-order valence-electron chi connectivity index (χ3n) is 3.14. The molecule has 2 heterocycles. The standard InChI is InChI=1S/C15H21N3OS/c1-2-19-13-9-12(10-17-11-13)15(18-16)7-3-5-14-6-4-8-20-14/h4,6,8-11,15,18H,2-3,5,7,16H2,1H3. The first-order valence-electron chi connectivity index (χ1n) is 6.89. The van der Waals surface area contributed by atoms with Gasteiger partial charge in [-0.25, -0.2) is 0 Å². The molecule has 2 aromatic heterocycles. The number of nitrogens with zero attached hydrogens (tertiary/aromatic N) is 1. The highest BCUT2D eigenvalue weighted by Crippen LogP contribution is 2.22. The maximum absolute atomic E-state index is 5.67. The Morgan fingerprint density at radius 1 is 1.45 bits per heavy atom. The third-order valence-corrected chi connectivity index (χ3v) is 4.08. The number of hydrazine groups is 1. The molecule has 3 N–H and O–H groups in total. The minimum Gasteiger partial charge on any atom is -0.492 e. The summed E-state index contributed by atoms with van der Waals surface area (Å²) in [6.45, 7) is 2.61. The SMILES string of the molecule is CCOc1cncc(C(CCCc2cccs2)NN)c1. The largest absolute Gasteiger partial charge is 0.492 e. The Labute approximate surface area is 124 Å². The number of thiophene rings is 1. The summed E-state index contributed by atoms with van der Waals surface area (Å²) in [5, 5.41) is 2.11. The Balaban J connectivity index is 1.91. The third kappa shape index (κ3) is 4.30. The first kappa shape index (κ1) is 15.0. The topological polar surface area (TPSA) is 60.2 Å². The molecule has 0 aliphatic carbocycles. The van der Waals surface area contributed by atoms with E-state index in [1.165, 1.54) is 4.88 Å². The predicted octanol–water partition coefficient (Wildman–Crippen LogP) is 3.07. The molecule has 0 aromatic carbocycles. The normalized spacial score (nSPS) is 12.3. The van der Waals surface area contributed by atoms with Gasteiger partial charge < -0.3 is 4.74 Å². The molecular weight excluding hydrogens is 270 g/mol. The van der Waals surface area contributed by atoms with E-state index < -0.39 is 0 Å². The summed E-state index contributed by atoms with van der Waals surface area (Å²) in [6.07, 6.45) is 6.73. The molecule has 0 amide bonds. The summed E-state index contributed by atoms with van der Waals surface area (Å²) in [5.74, 6) is 6.47. The summed E-state index contributed by atoms with van der Waals surface area (Å²) in [4.78, 5) is 5.63. The lowest BCUT2D eigenvalue weighted by Crippen LogP contribution is -2.28. The molecule has 4 nitrogen and oxygen atoms in total. The number of hydrogen-bond donors (Lipinski definition) is 2. The van der Waals surface area contributed by atoms with Crippen molar-refractivity contribution in [2.75, 3.05) is 6.61 Å². The highest BCUT2D eigenvalue weighted by Gasteiger charge is 2.11. The zero-order valence-corrected chi connectivity index (χ0v) is 12.5. The van der Waals surface area contributed by atoms with Crippen molar-refractivity contribution in [3.8, 4) is 5.75 Å². The van der Waals surface area contributed by atoms with Crippen molar-refractivity contribution in [3.63, 3.8) is 0 Å². The van der Waals surface area contributed by atoms with E-state index >= 15 is 0 Å². The number of pyridine rings is 1. The van der Waals surface area contributed by atoms with E-state index in [0.717, 1.165) is 30.6 Å². The molecule has 0 fully saturated rings. The van der Waals surface area contributed by atoms with Gasteiger partial charge in [0.1, 0.15) is 5.75 Å². The van der Waals surface area contributed by atoms with Crippen LogP contribution in [0.15, 0.2) is 36.0 Å². The molecule has 0 spiro atoms. The minimum atomic E-state index is 0.114. The van der Waals surface area contributed by atoms with Crippen molar-refractivity contribution >= 4 is 11.3 Å². The fourth-order valence-electron chi connectivity index (χ4n) is 2.15. The van der Waals surface area contributed by atoms with Gasteiger partial charge >= 0.3 is 0 Å². The molecule has 0 bridgehead atoms. The molecule has 5 heteroatoms. The molecule has 0 saturated carbocycles. The van der Waals surface area contributed by atoms with E-state index in [1.807, 2.05) is 19.2 Å². The number of nitrogens with two attached hydrogens (primary N) is 1. The predicted molar refractivity (Wildman–Crippen MR) is 82.7 cm³/mol. The van der Waals surface area contributed by atoms with E-state index in [1.54, 1.807) is 17.5 Å². The maximum atomic E-state index is 5.67. The number of aryl methyl sites for hydroxylation is 1. The average Bonchev–Trinajstić information content (AvgIpc) is 2.97. The Hall–Kier alpha value is -1.43. The van der Waals surface area contributed by atoms with Gasteiger partial charge in [-0.1, -0.05) is 6.07 Å². The lowest BCUT2D eigenvalue weighted by Gasteiger charge is -2.16. The highest BCUT2D eigenvalue weighted by atomic mass is 32.1. The average molecular weight is 291 g/mol. The number of ether oxygens (including phenoxy) is 1. The smallest absolute Gasteiger partial charge is 0.137 e. The van der Waals surface area contributed by atoms with Gasteiger partial charge in [-0.15, -0.1) is 11.3 Å². The van der Waals surface area contributed by atoms with Gasteiger partial charge in [-0.05, 0) is 49.3 Å². The maximum Gasteiger partial charge on any atom is 0.137 e. The number of aromatic nitrogens is 1. The Kier molecular flexibility index (Phi) is 5.98. The van der Waals surface area contributed by atoms with Crippen LogP contribution in [0.2, 0.25) is 0 Å². The zero-order chi connectivity index (χ0) is 14.2. The van der Waals surface area contributed by atoms with Gasteiger partial charge in [0.25, 0.3) is 0 Å². The molecule has 1 unspecified atom stereocenters. The first-order chi connectivity index (χ1) is 9.83. The number of nitrogens with one attached hydrogen (secondary N) is 1. The van der Waals surface area contributed by atoms with Gasteiger partial charge in [-0.2, -0.15) is 0 Å². The second-order valence-corrected chi connectivity index (χ2v) is 5.61. The second kappa shape index (κ2) is 7.99. The number of hydrogen-bond acceptors (Lipinski definition) is 5. The monoisotopic (exact) mass is 291 g/mol. The van der Waals surface area contributed by atoms with Gasteiger partial charge in [0.15, 0.2) is 0 Å². The lowest BCUT2D eigenvalue weighted by molar-refractivity contribution is 0.337. The van der Waals surface area contributed by atoms with E-state index in [9.17, 15) is 0 Å². The van der Waals surface area contributed by atoms with Crippen molar-refractivity contribution in [3.05, 3.63) is 46.4 Å². The Bertz CT molecular complexity index is 502. The van der Waals surface area contributed by atoms with Crippen molar-refractivity contribution in [1.82, 2.24) is 10.4 Å². The first-order valence-corrected chi connectivity index (χ1v) is 7.77. The van der Waals surface area contributed by atoms with Crippen LogP contribution < -0.4 is 16.0 Å². The second-order valence-electron chi connectivity index (χ2n) is 4.58. The van der Waals surface area contributed by atoms with Crippen LogP contribution in [0.4, 0.5) is 0 Å². The molecular formula is C15H21N3OS. The van der Waals surface area contributed by atoms with E-state index in [-0.39, 0.29) is 6.04 Å². The van der Waals surface area contributed by atoms with E-state index in [0.29, 0.717) is 6.61 Å². The van der Waals surface area contributed by atoms with Crippen molar-refractivity contribution in [2.24, 2.45) is 5.84 Å². The number of rotatable bonds is 8. The van der Waals surface area contributed by atoms with Gasteiger partial charge in [0.05, 0.1) is 12.8 Å². The molecule has 0 aliphatic rings. The summed E-state index contributed by atoms with van der Waals surface area (Å²) >= 11 is 1.80. The minimum absolute atomic E-state index is 0.114. The summed E-state index contributed by atoms with van der Waals surface area (Å²) < 4.78 is 5.48. The summed E-state index contributed by atoms with van der Waals surface area (Å²) in [6, 6.07) is 6.38. The lowest BCUT2D eigenvalue weighted by atomic mass is 10.0. The molecule has 2 rings (SSSR count). The van der Waals surface area contributed by atoms with Crippen molar-refractivity contribution in [2.45, 2.75) is 32.2 Å². The van der Waals surface area contributed by atoms with Crippen LogP contribution in [0.1, 0.15) is 36.2 Å². The molecule has 0 aliphatic heterocycles. The molecule has 20 heavy (non-hydrogen) atoms. The van der Waals surface area contributed by atoms with Crippen LogP contribution >= 0.6 is 11.3 Å². The molecule has 0 radical (unpaired) electrons. The van der Waals surface area contributed by atoms with Gasteiger partial charge in [0.2, 0.25) is 0 Å². The zero-order valence-electron chi connectivity index (χ0n) is 11.7. The van der Waals surface area contributed by atoms with Crippen LogP contribution in [0.5, 0.6) is 5.75 Å². The van der Waals surface area contributed by atoms with Crippen LogP contribution in [-0.4, -0.2) is 11.6 Å². The molecule has 1 atom stereocenters. The Morgan fingerprint density at radius 3 is 3.05 bits per heavy atom. The van der Waals surface area contributed by atoms with E-state index in [2.05, 4.69) is 27.9 Å². The fraction of sp³-hybridized carbons (Fsp3) is 0.400. The van der Waals surface area contributed by atoms with Gasteiger partial charge in [0, 0.05) is 17.1 Å². The van der Waals surface area contributed by atoms with Crippen molar-refractivity contribution < 1.29 is 4.74 Å². The summed E-state index contributed by atoms with van der Waals surface area (Å²) in [5.41, 5.74) is 3.95. The summed E-state index contributed by atoms with van der Waals surface area (Å²) in [7, 11) is 0. The van der Waals surface area contributed by atoms with Crippen LogP contribution in [0.3, 0.4) is 0 Å². The fourth-order valence-corrected chi connectivity index (χ4v) is 2.90. The molecule has 0 saturated heterocycles. The highest BCUT2D eigenvalue weighted by molar-refractivity contribution is 7.09. The molecule has 108 valence electrons. The van der Waals surface area contributed by atoms with Crippen LogP contribution in [0, 0.1) is 0 Å². The van der Waals surface area contributed by atoms with Gasteiger partial charge in [-0.3, -0.25) is 16.3 Å². The van der Waals surface area contributed by atoms with Crippen LogP contribution in [-0.2, 0) is 6.42 Å². The Morgan fingerprint density at radius 2 is 2.35 bits per heavy atom. The van der Waals surface area contributed by atoms with Crippen molar-refractivity contribution in [1.29, 1.82) is 0 Å². The molecule has 2 aromatic rings. The quantitative estimate of drug-likeness (QED) is 0.579. The van der Waals surface area contributed by atoms with E-state index in [4.69, 9.17) is 10.6 Å².